The van der Waals surface area contributed by atoms with Gasteiger partial charge in [0.25, 0.3) is 0 Å². The molecule has 2 aromatic carbocycles. The Labute approximate surface area is 182 Å². The lowest BCUT2D eigenvalue weighted by molar-refractivity contribution is 0.310. The number of nitrogens with two attached hydrogens (primary N) is 1. The second-order valence-electron chi connectivity index (χ2n) is 7.69. The van der Waals surface area contributed by atoms with E-state index in [1.807, 2.05) is 24.5 Å². The number of anilines is 1. The average Bonchev–Trinajstić information content (AvgIpc) is 3.07. The third-order valence-corrected chi connectivity index (χ3v) is 5.58. The van der Waals surface area contributed by atoms with E-state index in [-0.39, 0.29) is 0 Å². The van der Waals surface area contributed by atoms with Gasteiger partial charge in [0.15, 0.2) is 0 Å². The molecule has 5 rings (SSSR count). The number of nitrogen functional groups attached to an aromatic ring is 1. The van der Waals surface area contributed by atoms with Crippen LogP contribution in [-0.4, -0.2) is 21.1 Å². The molecule has 0 saturated heterocycles. The van der Waals surface area contributed by atoms with Gasteiger partial charge < -0.3 is 15.0 Å². The van der Waals surface area contributed by atoms with Gasteiger partial charge in [-0.25, -0.2) is 4.98 Å². The zero-order valence-corrected chi connectivity index (χ0v) is 18.3. The van der Waals surface area contributed by atoms with Gasteiger partial charge in [-0.05, 0) is 66.8 Å². The first kappa shape index (κ1) is 20.7. The highest BCUT2D eigenvalue weighted by Gasteiger charge is 2.13. The number of aryl methyl sites for hydroxylation is 2. The summed E-state index contributed by atoms with van der Waals surface area (Å²) in [4.78, 5) is 8.04. The molecule has 0 spiro atoms. The van der Waals surface area contributed by atoms with Crippen LogP contribution >= 0.6 is 0 Å². The fourth-order valence-electron chi connectivity index (χ4n) is 4.00. The van der Waals surface area contributed by atoms with E-state index in [2.05, 4.69) is 65.8 Å². The molecular weight excluding hydrogens is 384 g/mol. The predicted molar refractivity (Wildman–Crippen MR) is 130 cm³/mol. The topological polar surface area (TPSA) is 66.0 Å². The minimum absolute atomic E-state index is 0.572. The molecule has 2 N–H and O–H groups in total. The van der Waals surface area contributed by atoms with E-state index >= 15 is 0 Å². The Bertz CT molecular complexity index is 1330. The van der Waals surface area contributed by atoms with E-state index in [0.717, 1.165) is 25.2 Å². The van der Waals surface area contributed by atoms with Crippen LogP contribution in [0.3, 0.4) is 0 Å². The number of aromatic nitrogens is 3. The molecule has 0 aliphatic rings. The molecule has 0 radical (unpaired) electrons. The van der Waals surface area contributed by atoms with E-state index in [0.29, 0.717) is 5.82 Å². The zero-order chi connectivity index (χ0) is 21.8. The second kappa shape index (κ2) is 9.04. The molecule has 0 fully saturated rings. The zero-order valence-electron chi connectivity index (χ0n) is 18.3. The van der Waals surface area contributed by atoms with Gasteiger partial charge in [0.05, 0.1) is 12.1 Å². The molecule has 0 unspecified atom stereocenters. The van der Waals surface area contributed by atoms with Gasteiger partial charge >= 0.3 is 0 Å². The lowest BCUT2D eigenvalue weighted by atomic mass is 10.0. The van der Waals surface area contributed by atoms with Gasteiger partial charge in [0.2, 0.25) is 0 Å². The molecular formula is C26H28N4O. The van der Waals surface area contributed by atoms with E-state index in [1.165, 1.54) is 38.1 Å². The Morgan fingerprint density at radius 1 is 1.00 bits per heavy atom. The predicted octanol–water partition coefficient (Wildman–Crippen LogP) is 6.03. The lowest BCUT2D eigenvalue weighted by Gasteiger charge is -2.06. The number of rotatable bonds is 4. The molecule has 0 saturated carbocycles. The molecule has 5 heteroatoms. The number of unbranched alkanes of at least 4 members (excludes halogenated alkanes) is 1. The molecule has 5 nitrogen and oxygen atoms in total. The Balaban J connectivity index is 0.000000282. The summed E-state index contributed by atoms with van der Waals surface area (Å²) in [5, 5.41) is 4.97. The Kier molecular flexibility index (Phi) is 6.03. The molecule has 0 aliphatic carbocycles. The van der Waals surface area contributed by atoms with Gasteiger partial charge in [0, 0.05) is 47.3 Å². The number of hydrogen-bond acceptors (Lipinski definition) is 4. The summed E-state index contributed by atoms with van der Waals surface area (Å²) >= 11 is 0. The van der Waals surface area contributed by atoms with Crippen molar-refractivity contribution in [2.24, 2.45) is 7.05 Å². The summed E-state index contributed by atoms with van der Waals surface area (Å²) in [5.41, 5.74) is 9.07. The van der Waals surface area contributed by atoms with E-state index in [4.69, 9.17) is 10.5 Å². The quantitative estimate of drug-likeness (QED) is 0.366. The third kappa shape index (κ3) is 4.17. The minimum Gasteiger partial charge on any atom is -0.494 e. The number of pyridine rings is 2. The Morgan fingerprint density at radius 2 is 1.87 bits per heavy atom. The van der Waals surface area contributed by atoms with Crippen LogP contribution in [0.1, 0.15) is 25.3 Å². The molecule has 158 valence electrons. The van der Waals surface area contributed by atoms with Crippen LogP contribution in [-0.2, 0) is 7.05 Å². The van der Waals surface area contributed by atoms with Crippen molar-refractivity contribution in [2.75, 3.05) is 12.3 Å². The first-order chi connectivity index (χ1) is 15.1. The largest absolute Gasteiger partial charge is 0.494 e. The Morgan fingerprint density at radius 3 is 2.58 bits per heavy atom. The van der Waals surface area contributed by atoms with Crippen molar-refractivity contribution in [3.63, 3.8) is 0 Å². The smallest absolute Gasteiger partial charge is 0.123 e. The second-order valence-corrected chi connectivity index (χ2v) is 7.69. The first-order valence-electron chi connectivity index (χ1n) is 10.6. The van der Waals surface area contributed by atoms with Crippen molar-refractivity contribution >= 4 is 38.4 Å². The SMILES string of the molecule is CCCCOc1ccc2c(c1)c1cc3cnccc3c(C)c1n2C.Nc1ccccn1. The fourth-order valence-corrected chi connectivity index (χ4v) is 4.00. The van der Waals surface area contributed by atoms with Crippen molar-refractivity contribution in [3.05, 3.63) is 72.7 Å². The summed E-state index contributed by atoms with van der Waals surface area (Å²) in [6.45, 7) is 5.15. The van der Waals surface area contributed by atoms with E-state index in [9.17, 15) is 0 Å². The fraction of sp³-hybridized carbons (Fsp3) is 0.231. The number of hydrogen-bond donors (Lipinski definition) is 1. The highest BCUT2D eigenvalue weighted by molar-refractivity contribution is 6.14. The van der Waals surface area contributed by atoms with Crippen molar-refractivity contribution in [1.82, 2.24) is 14.5 Å². The number of ether oxygens (including phenoxy) is 1. The minimum atomic E-state index is 0.572. The highest BCUT2D eigenvalue weighted by Crippen LogP contribution is 2.36. The summed E-state index contributed by atoms with van der Waals surface area (Å²) in [6, 6.07) is 16.2. The van der Waals surface area contributed by atoms with Crippen molar-refractivity contribution < 1.29 is 4.74 Å². The first-order valence-corrected chi connectivity index (χ1v) is 10.6. The molecule has 0 aliphatic heterocycles. The summed E-state index contributed by atoms with van der Waals surface area (Å²) < 4.78 is 8.20. The molecule has 0 bridgehead atoms. The number of fused-ring (bicyclic) bond motifs is 4. The van der Waals surface area contributed by atoms with Crippen LogP contribution in [0.25, 0.3) is 32.6 Å². The molecule has 3 heterocycles. The van der Waals surface area contributed by atoms with Crippen LogP contribution < -0.4 is 10.5 Å². The van der Waals surface area contributed by atoms with Crippen LogP contribution in [0.5, 0.6) is 5.75 Å². The van der Waals surface area contributed by atoms with Crippen LogP contribution in [0.2, 0.25) is 0 Å². The van der Waals surface area contributed by atoms with Crippen LogP contribution in [0.4, 0.5) is 5.82 Å². The highest BCUT2D eigenvalue weighted by atomic mass is 16.5. The maximum atomic E-state index is 5.91. The molecule has 31 heavy (non-hydrogen) atoms. The number of benzene rings is 2. The van der Waals surface area contributed by atoms with Gasteiger partial charge in [0.1, 0.15) is 11.6 Å². The van der Waals surface area contributed by atoms with Gasteiger partial charge in [-0.3, -0.25) is 4.98 Å². The summed E-state index contributed by atoms with van der Waals surface area (Å²) in [7, 11) is 2.14. The third-order valence-electron chi connectivity index (χ3n) is 5.58. The van der Waals surface area contributed by atoms with E-state index < -0.39 is 0 Å². The number of nitrogens with zero attached hydrogens (tertiary/aromatic N) is 3. The molecule has 3 aromatic heterocycles. The van der Waals surface area contributed by atoms with Gasteiger partial charge in [-0.15, -0.1) is 0 Å². The van der Waals surface area contributed by atoms with Crippen molar-refractivity contribution in [3.8, 4) is 5.75 Å². The van der Waals surface area contributed by atoms with Crippen molar-refractivity contribution in [2.45, 2.75) is 26.7 Å². The molecule has 5 aromatic rings. The summed E-state index contributed by atoms with van der Waals surface area (Å²) in [5.74, 6) is 1.52. The molecule has 0 amide bonds. The maximum Gasteiger partial charge on any atom is 0.123 e. The molecule has 0 atom stereocenters. The van der Waals surface area contributed by atoms with Crippen LogP contribution in [0.15, 0.2) is 67.1 Å². The lowest BCUT2D eigenvalue weighted by Crippen LogP contribution is -1.96. The average molecular weight is 413 g/mol. The van der Waals surface area contributed by atoms with E-state index in [1.54, 1.807) is 12.3 Å². The van der Waals surface area contributed by atoms with Gasteiger partial charge in [-0.2, -0.15) is 0 Å². The van der Waals surface area contributed by atoms with Crippen LogP contribution in [0, 0.1) is 6.92 Å². The maximum absolute atomic E-state index is 5.91. The summed E-state index contributed by atoms with van der Waals surface area (Å²) in [6.07, 6.45) is 7.71. The monoisotopic (exact) mass is 412 g/mol. The standard InChI is InChI=1S/C21H22N2O.C5H6N2/c1-4-5-10-24-16-6-7-20-18(12-16)19-11-15-13-22-9-8-17(15)14(2)21(19)23(20)3;6-5-3-1-2-4-7-5/h6-9,11-13H,4-5,10H2,1-3H3;1-4H,(H2,6,7). The normalized spacial score (nSPS) is 10.9. The van der Waals surface area contributed by atoms with Gasteiger partial charge in [-0.1, -0.05) is 19.4 Å². The van der Waals surface area contributed by atoms with Crippen molar-refractivity contribution in [1.29, 1.82) is 0 Å². The Hall–Kier alpha value is -3.60.